The molecule has 0 radical (unpaired) electrons. The number of hydrogen-bond donors (Lipinski definition) is 1. The zero-order chi connectivity index (χ0) is 13.8. The van der Waals surface area contributed by atoms with Gasteiger partial charge in [0, 0.05) is 22.8 Å². The van der Waals surface area contributed by atoms with Crippen molar-refractivity contribution in [2.75, 3.05) is 12.4 Å². The molecule has 0 amide bonds. The van der Waals surface area contributed by atoms with Crippen LogP contribution in [0.4, 0.5) is 10.1 Å². The molecule has 2 aromatic carbocycles. The van der Waals surface area contributed by atoms with Gasteiger partial charge in [0.2, 0.25) is 0 Å². The first-order valence-electron chi connectivity index (χ1n) is 5.61. The lowest BCUT2D eigenvalue weighted by Crippen LogP contribution is -2.00. The molecular weight excluding hydrogens is 333 g/mol. The number of rotatable bonds is 4. The molecule has 0 saturated carbocycles. The number of methoxy groups -OCH3 is 1. The Bertz CT molecular complexity index is 592. The minimum absolute atomic E-state index is 0.260. The summed E-state index contributed by atoms with van der Waals surface area (Å²) in [7, 11) is 1.57. The summed E-state index contributed by atoms with van der Waals surface area (Å²) in [6, 6.07) is 10.1. The fourth-order valence-corrected chi connectivity index (χ4v) is 2.32. The Labute approximate surface area is 124 Å². The molecule has 2 nitrogen and oxygen atoms in total. The van der Waals surface area contributed by atoms with E-state index in [0.717, 1.165) is 15.7 Å². The van der Waals surface area contributed by atoms with Gasteiger partial charge in [-0.05, 0) is 29.8 Å². The van der Waals surface area contributed by atoms with E-state index in [4.69, 9.17) is 16.3 Å². The molecule has 5 heteroatoms. The number of anilines is 1. The van der Waals surface area contributed by atoms with Crippen LogP contribution in [0.3, 0.4) is 0 Å². The SMILES string of the molecule is COc1cc(NCc2ccc(F)cc2Br)ccc1Cl. The molecule has 100 valence electrons. The molecule has 0 saturated heterocycles. The largest absolute Gasteiger partial charge is 0.495 e. The van der Waals surface area contributed by atoms with Gasteiger partial charge in [0.15, 0.2) is 0 Å². The molecule has 0 unspecified atom stereocenters. The van der Waals surface area contributed by atoms with E-state index in [2.05, 4.69) is 21.2 Å². The van der Waals surface area contributed by atoms with Crippen LogP contribution in [0.25, 0.3) is 0 Å². The predicted molar refractivity (Wildman–Crippen MR) is 79.4 cm³/mol. The summed E-state index contributed by atoms with van der Waals surface area (Å²) in [5.41, 5.74) is 1.85. The first-order chi connectivity index (χ1) is 9.10. The van der Waals surface area contributed by atoms with Crippen LogP contribution in [-0.4, -0.2) is 7.11 Å². The van der Waals surface area contributed by atoms with Crippen molar-refractivity contribution in [1.29, 1.82) is 0 Å². The van der Waals surface area contributed by atoms with Crippen LogP contribution < -0.4 is 10.1 Å². The lowest BCUT2D eigenvalue weighted by Gasteiger charge is -2.10. The zero-order valence-electron chi connectivity index (χ0n) is 10.2. The second-order valence-electron chi connectivity index (χ2n) is 3.94. The number of benzene rings is 2. The summed E-state index contributed by atoms with van der Waals surface area (Å²) < 4.78 is 18.9. The molecule has 0 aliphatic heterocycles. The van der Waals surface area contributed by atoms with Crippen LogP contribution in [0, 0.1) is 5.82 Å². The smallest absolute Gasteiger partial charge is 0.139 e. The molecule has 2 rings (SSSR count). The van der Waals surface area contributed by atoms with Gasteiger partial charge in [-0.3, -0.25) is 0 Å². The van der Waals surface area contributed by atoms with Crippen LogP contribution in [0.2, 0.25) is 5.02 Å². The van der Waals surface area contributed by atoms with Crippen LogP contribution in [0.15, 0.2) is 40.9 Å². The average Bonchev–Trinajstić information content (AvgIpc) is 2.39. The van der Waals surface area contributed by atoms with Gasteiger partial charge in [0.25, 0.3) is 0 Å². The summed E-state index contributed by atoms with van der Waals surface area (Å²) in [6.07, 6.45) is 0. The highest BCUT2D eigenvalue weighted by molar-refractivity contribution is 9.10. The van der Waals surface area contributed by atoms with E-state index in [1.54, 1.807) is 19.2 Å². The number of ether oxygens (including phenoxy) is 1. The van der Waals surface area contributed by atoms with Gasteiger partial charge in [0.05, 0.1) is 12.1 Å². The normalized spacial score (nSPS) is 10.3. The quantitative estimate of drug-likeness (QED) is 0.855. The van der Waals surface area contributed by atoms with Crippen molar-refractivity contribution in [2.24, 2.45) is 0 Å². The van der Waals surface area contributed by atoms with Gasteiger partial charge in [0.1, 0.15) is 11.6 Å². The maximum atomic E-state index is 13.0. The molecule has 0 aliphatic carbocycles. The summed E-state index contributed by atoms with van der Waals surface area (Å²) in [6.45, 7) is 0.575. The van der Waals surface area contributed by atoms with E-state index in [9.17, 15) is 4.39 Å². The van der Waals surface area contributed by atoms with Crippen LogP contribution >= 0.6 is 27.5 Å². The third-order valence-corrected chi connectivity index (χ3v) is 3.70. The van der Waals surface area contributed by atoms with Crippen LogP contribution in [0.1, 0.15) is 5.56 Å². The second kappa shape index (κ2) is 6.26. The fraction of sp³-hybridized carbons (Fsp3) is 0.143. The maximum absolute atomic E-state index is 13.0. The van der Waals surface area contributed by atoms with Crippen molar-refractivity contribution in [3.63, 3.8) is 0 Å². The minimum atomic E-state index is -0.260. The first kappa shape index (κ1) is 14.2. The zero-order valence-corrected chi connectivity index (χ0v) is 12.6. The third-order valence-electron chi connectivity index (χ3n) is 2.65. The van der Waals surface area contributed by atoms with E-state index in [-0.39, 0.29) is 5.82 Å². The average molecular weight is 345 g/mol. The summed E-state index contributed by atoms with van der Waals surface area (Å²) >= 11 is 9.29. The molecule has 0 fully saturated rings. The molecule has 0 aliphatic rings. The van der Waals surface area contributed by atoms with Crippen LogP contribution in [0.5, 0.6) is 5.75 Å². The monoisotopic (exact) mass is 343 g/mol. The number of hydrogen-bond acceptors (Lipinski definition) is 2. The summed E-state index contributed by atoms with van der Waals surface area (Å²) in [4.78, 5) is 0. The van der Waals surface area contributed by atoms with Crippen molar-refractivity contribution in [2.45, 2.75) is 6.54 Å². The Morgan fingerprint density at radius 2 is 2.05 bits per heavy atom. The molecule has 1 N–H and O–H groups in total. The van der Waals surface area contributed by atoms with Crippen molar-refractivity contribution in [1.82, 2.24) is 0 Å². The van der Waals surface area contributed by atoms with Crippen molar-refractivity contribution in [3.05, 3.63) is 57.3 Å². The third kappa shape index (κ3) is 3.61. The molecule has 0 bridgehead atoms. The highest BCUT2D eigenvalue weighted by atomic mass is 79.9. The standard InChI is InChI=1S/C14H12BrClFNO/c1-19-14-7-11(4-5-13(14)16)18-8-9-2-3-10(17)6-12(9)15/h2-7,18H,8H2,1H3. The highest BCUT2D eigenvalue weighted by Gasteiger charge is 2.04. The molecule has 19 heavy (non-hydrogen) atoms. The number of nitrogens with one attached hydrogen (secondary N) is 1. The summed E-state index contributed by atoms with van der Waals surface area (Å²) in [5.74, 6) is 0.355. The molecule has 2 aromatic rings. The molecule has 0 aromatic heterocycles. The number of halogens is 3. The van der Waals surface area contributed by atoms with Gasteiger partial charge in [-0.15, -0.1) is 0 Å². The summed E-state index contributed by atoms with van der Waals surface area (Å²) in [5, 5.41) is 3.80. The van der Waals surface area contributed by atoms with Gasteiger partial charge >= 0.3 is 0 Å². The molecule has 0 heterocycles. The highest BCUT2D eigenvalue weighted by Crippen LogP contribution is 2.28. The van der Waals surface area contributed by atoms with Crippen molar-refractivity contribution in [3.8, 4) is 5.75 Å². The lowest BCUT2D eigenvalue weighted by molar-refractivity contribution is 0.415. The van der Waals surface area contributed by atoms with E-state index in [0.29, 0.717) is 17.3 Å². The van der Waals surface area contributed by atoms with Crippen LogP contribution in [-0.2, 0) is 6.54 Å². The Morgan fingerprint density at radius 1 is 1.26 bits per heavy atom. The topological polar surface area (TPSA) is 21.3 Å². The molecule has 0 spiro atoms. The fourth-order valence-electron chi connectivity index (χ4n) is 1.63. The van der Waals surface area contributed by atoms with E-state index in [1.807, 2.05) is 12.1 Å². The van der Waals surface area contributed by atoms with E-state index in [1.165, 1.54) is 12.1 Å². The van der Waals surface area contributed by atoms with Gasteiger partial charge in [-0.1, -0.05) is 33.6 Å². The Balaban J connectivity index is 2.10. The maximum Gasteiger partial charge on any atom is 0.139 e. The molecular formula is C14H12BrClFNO. The van der Waals surface area contributed by atoms with Crippen molar-refractivity contribution >= 4 is 33.2 Å². The minimum Gasteiger partial charge on any atom is -0.495 e. The van der Waals surface area contributed by atoms with E-state index >= 15 is 0 Å². The Kier molecular flexibility index (Phi) is 4.66. The van der Waals surface area contributed by atoms with Gasteiger partial charge in [-0.25, -0.2) is 4.39 Å². The predicted octanol–water partition coefficient (Wildman–Crippen LogP) is 4.86. The van der Waals surface area contributed by atoms with Gasteiger partial charge in [-0.2, -0.15) is 0 Å². The molecule has 0 atom stereocenters. The lowest BCUT2D eigenvalue weighted by atomic mass is 10.2. The second-order valence-corrected chi connectivity index (χ2v) is 5.20. The van der Waals surface area contributed by atoms with Gasteiger partial charge < -0.3 is 10.1 Å². The van der Waals surface area contributed by atoms with E-state index < -0.39 is 0 Å². The van der Waals surface area contributed by atoms with Crippen molar-refractivity contribution < 1.29 is 9.13 Å². The Hall–Kier alpha value is -1.26. The first-order valence-corrected chi connectivity index (χ1v) is 6.78. The Morgan fingerprint density at radius 3 is 2.74 bits per heavy atom.